The average Bonchev–Trinajstić information content (AvgIpc) is 2.90. The van der Waals surface area contributed by atoms with E-state index >= 15 is 0 Å². The highest BCUT2D eigenvalue weighted by Gasteiger charge is 2.04. The molecule has 0 saturated heterocycles. The van der Waals surface area contributed by atoms with E-state index < -0.39 is 0 Å². The van der Waals surface area contributed by atoms with Crippen LogP contribution < -0.4 is 0 Å². The van der Waals surface area contributed by atoms with E-state index in [1.165, 1.54) is 16.5 Å². The van der Waals surface area contributed by atoms with Crippen molar-refractivity contribution < 1.29 is 4.42 Å². The summed E-state index contributed by atoms with van der Waals surface area (Å²) in [5.74, 6) is 0. The summed E-state index contributed by atoms with van der Waals surface area (Å²) >= 11 is 3.56. The maximum atomic E-state index is 5.08. The quantitative estimate of drug-likeness (QED) is 0.690. The van der Waals surface area contributed by atoms with Crippen molar-refractivity contribution in [3.05, 3.63) is 59.1 Å². The molecule has 0 atom stereocenters. The molecule has 0 fully saturated rings. The summed E-state index contributed by atoms with van der Waals surface area (Å²) in [5, 5.41) is 1.24. The first kappa shape index (κ1) is 9.73. The number of hydrogen-bond acceptors (Lipinski definition) is 1. The van der Waals surface area contributed by atoms with E-state index in [0.29, 0.717) is 0 Å². The van der Waals surface area contributed by atoms with Crippen LogP contribution in [0.2, 0.25) is 0 Å². The summed E-state index contributed by atoms with van der Waals surface area (Å²) in [4.78, 5) is 0. The fourth-order valence-electron chi connectivity index (χ4n) is 1.90. The molecule has 0 aliphatic heterocycles. The molecule has 0 radical (unpaired) electrons. The normalized spacial score (nSPS) is 11.1. The Bertz CT molecular complexity index is 610. The largest absolute Gasteiger partial charge is 0.472 e. The van der Waals surface area contributed by atoms with Crippen molar-refractivity contribution in [2.45, 2.75) is 6.54 Å². The van der Waals surface area contributed by atoms with Crippen molar-refractivity contribution in [1.82, 2.24) is 4.57 Å². The summed E-state index contributed by atoms with van der Waals surface area (Å²) in [7, 11) is 0. The lowest BCUT2D eigenvalue weighted by Crippen LogP contribution is -1.95. The standard InChI is InChI=1S/C13H10BrNO/c14-12-2-1-3-13-11(12)4-6-15(13)8-10-5-7-16-9-10/h1-7,9H,8H2. The van der Waals surface area contributed by atoms with Crippen molar-refractivity contribution in [2.75, 3.05) is 0 Å². The molecule has 0 aliphatic carbocycles. The molecule has 0 amide bonds. The molecule has 1 aromatic carbocycles. The SMILES string of the molecule is Brc1cccc2c1ccn2Cc1ccoc1. The molecular formula is C13H10BrNO. The first-order chi connectivity index (χ1) is 7.84. The smallest absolute Gasteiger partial charge is 0.0952 e. The van der Waals surface area contributed by atoms with E-state index in [9.17, 15) is 0 Å². The lowest BCUT2D eigenvalue weighted by atomic mass is 10.2. The lowest BCUT2D eigenvalue weighted by molar-refractivity contribution is 0.562. The number of rotatable bonds is 2. The summed E-state index contributed by atoms with van der Waals surface area (Å²) in [5.41, 5.74) is 2.41. The zero-order valence-corrected chi connectivity index (χ0v) is 10.1. The number of nitrogens with zero attached hydrogens (tertiary/aromatic N) is 1. The fraction of sp³-hybridized carbons (Fsp3) is 0.0769. The highest BCUT2D eigenvalue weighted by molar-refractivity contribution is 9.10. The Morgan fingerprint density at radius 3 is 2.94 bits per heavy atom. The van der Waals surface area contributed by atoms with Gasteiger partial charge in [-0.2, -0.15) is 0 Å². The third-order valence-corrected chi connectivity index (χ3v) is 3.38. The lowest BCUT2D eigenvalue weighted by Gasteiger charge is -2.03. The molecular weight excluding hydrogens is 266 g/mol. The van der Waals surface area contributed by atoms with Crippen LogP contribution in [0.4, 0.5) is 0 Å². The van der Waals surface area contributed by atoms with Crippen LogP contribution in [-0.4, -0.2) is 4.57 Å². The van der Waals surface area contributed by atoms with Gasteiger partial charge in [0, 0.05) is 27.1 Å². The van der Waals surface area contributed by atoms with Gasteiger partial charge in [-0.15, -0.1) is 0 Å². The second kappa shape index (κ2) is 3.83. The average molecular weight is 276 g/mol. The Hall–Kier alpha value is -1.48. The zero-order chi connectivity index (χ0) is 11.0. The van der Waals surface area contributed by atoms with Crippen LogP contribution in [0.3, 0.4) is 0 Å². The van der Waals surface area contributed by atoms with Crippen LogP contribution in [0.25, 0.3) is 10.9 Å². The number of furan rings is 1. The van der Waals surface area contributed by atoms with Gasteiger partial charge in [-0.1, -0.05) is 22.0 Å². The van der Waals surface area contributed by atoms with Gasteiger partial charge in [-0.3, -0.25) is 0 Å². The van der Waals surface area contributed by atoms with Crippen molar-refractivity contribution >= 4 is 26.8 Å². The predicted octanol–water partition coefficient (Wildman–Crippen LogP) is 4.05. The Balaban J connectivity index is 2.08. The fourth-order valence-corrected chi connectivity index (χ4v) is 2.39. The summed E-state index contributed by atoms with van der Waals surface area (Å²) < 4.78 is 8.42. The zero-order valence-electron chi connectivity index (χ0n) is 8.56. The van der Waals surface area contributed by atoms with E-state index in [1.54, 1.807) is 12.5 Å². The van der Waals surface area contributed by atoms with Gasteiger partial charge in [0.25, 0.3) is 0 Å². The molecule has 2 heterocycles. The van der Waals surface area contributed by atoms with Gasteiger partial charge in [0.05, 0.1) is 19.1 Å². The Kier molecular flexibility index (Phi) is 2.33. The highest BCUT2D eigenvalue weighted by Crippen LogP contribution is 2.25. The molecule has 0 unspecified atom stereocenters. The predicted molar refractivity (Wildman–Crippen MR) is 67.4 cm³/mol. The Morgan fingerprint density at radius 2 is 2.12 bits per heavy atom. The number of halogens is 1. The molecule has 3 heteroatoms. The van der Waals surface area contributed by atoms with Crippen LogP contribution >= 0.6 is 15.9 Å². The first-order valence-electron chi connectivity index (χ1n) is 5.09. The second-order valence-corrected chi connectivity index (χ2v) is 4.60. The maximum Gasteiger partial charge on any atom is 0.0952 e. The summed E-state index contributed by atoms with van der Waals surface area (Å²) in [6.07, 6.45) is 5.59. The number of hydrogen-bond donors (Lipinski definition) is 0. The summed E-state index contributed by atoms with van der Waals surface area (Å²) in [6.45, 7) is 0.844. The molecule has 80 valence electrons. The van der Waals surface area contributed by atoms with Crippen LogP contribution in [-0.2, 0) is 6.54 Å². The number of aromatic nitrogens is 1. The van der Waals surface area contributed by atoms with E-state index in [1.807, 2.05) is 6.07 Å². The van der Waals surface area contributed by atoms with Crippen molar-refractivity contribution in [3.8, 4) is 0 Å². The Labute approximate surface area is 102 Å². The Morgan fingerprint density at radius 1 is 1.19 bits per heavy atom. The molecule has 16 heavy (non-hydrogen) atoms. The number of benzene rings is 1. The molecule has 2 nitrogen and oxygen atoms in total. The minimum Gasteiger partial charge on any atom is -0.472 e. The van der Waals surface area contributed by atoms with Crippen molar-refractivity contribution in [1.29, 1.82) is 0 Å². The van der Waals surface area contributed by atoms with Gasteiger partial charge < -0.3 is 8.98 Å². The third-order valence-electron chi connectivity index (χ3n) is 2.69. The first-order valence-corrected chi connectivity index (χ1v) is 5.88. The van der Waals surface area contributed by atoms with Crippen molar-refractivity contribution in [2.24, 2.45) is 0 Å². The van der Waals surface area contributed by atoms with Gasteiger partial charge in [-0.25, -0.2) is 0 Å². The molecule has 0 spiro atoms. The van der Waals surface area contributed by atoms with Gasteiger partial charge in [0.15, 0.2) is 0 Å². The van der Waals surface area contributed by atoms with Crippen LogP contribution in [0, 0.1) is 0 Å². The van der Waals surface area contributed by atoms with Crippen LogP contribution in [0.5, 0.6) is 0 Å². The van der Waals surface area contributed by atoms with E-state index in [4.69, 9.17) is 4.42 Å². The van der Waals surface area contributed by atoms with Crippen LogP contribution in [0.1, 0.15) is 5.56 Å². The maximum absolute atomic E-state index is 5.08. The molecule has 0 bridgehead atoms. The van der Waals surface area contributed by atoms with Gasteiger partial charge in [0.2, 0.25) is 0 Å². The van der Waals surface area contributed by atoms with E-state index in [-0.39, 0.29) is 0 Å². The summed E-state index contributed by atoms with van der Waals surface area (Å²) in [6, 6.07) is 10.4. The van der Waals surface area contributed by atoms with E-state index in [0.717, 1.165) is 11.0 Å². The minimum absolute atomic E-state index is 0.844. The second-order valence-electron chi connectivity index (χ2n) is 3.75. The molecule has 0 aliphatic rings. The molecule has 3 aromatic rings. The third kappa shape index (κ3) is 1.57. The van der Waals surface area contributed by atoms with Crippen LogP contribution in [0.15, 0.2) is 57.9 Å². The van der Waals surface area contributed by atoms with E-state index in [2.05, 4.69) is 51.0 Å². The molecule has 2 aromatic heterocycles. The van der Waals surface area contributed by atoms with Gasteiger partial charge in [0.1, 0.15) is 0 Å². The van der Waals surface area contributed by atoms with Crippen molar-refractivity contribution in [3.63, 3.8) is 0 Å². The monoisotopic (exact) mass is 275 g/mol. The minimum atomic E-state index is 0.844. The van der Waals surface area contributed by atoms with Gasteiger partial charge >= 0.3 is 0 Å². The highest BCUT2D eigenvalue weighted by atomic mass is 79.9. The molecule has 3 rings (SSSR count). The van der Waals surface area contributed by atoms with Gasteiger partial charge in [-0.05, 0) is 24.3 Å². The number of fused-ring (bicyclic) bond motifs is 1. The molecule has 0 N–H and O–H groups in total. The molecule has 0 saturated carbocycles. The topological polar surface area (TPSA) is 18.1 Å².